The summed E-state index contributed by atoms with van der Waals surface area (Å²) in [6.07, 6.45) is 0. The van der Waals surface area contributed by atoms with E-state index in [9.17, 15) is 9.59 Å². The maximum Gasteiger partial charge on any atom is 0.235 e. The predicted molar refractivity (Wildman–Crippen MR) is 201 cm³/mol. The summed E-state index contributed by atoms with van der Waals surface area (Å²) in [4.78, 5) is 25.7. The summed E-state index contributed by atoms with van der Waals surface area (Å²) in [6.45, 7) is 4.06. The van der Waals surface area contributed by atoms with Gasteiger partial charge in [-0.05, 0) is 62.4 Å². The molecule has 0 bridgehead atoms. The molecule has 10 heteroatoms. The van der Waals surface area contributed by atoms with Crippen LogP contribution >= 0.6 is 21.6 Å². The molecule has 0 aliphatic carbocycles. The number of carbonyl (C=O) groups excluding carboxylic acids is 2. The third kappa shape index (κ3) is 8.33. The number of hydrogen-bond acceptors (Lipinski definition) is 8. The highest BCUT2D eigenvalue weighted by molar-refractivity contribution is 8.77. The first-order valence-corrected chi connectivity index (χ1v) is 17.8. The molecule has 0 aliphatic rings. The zero-order valence-electron chi connectivity index (χ0n) is 26.4. The second kappa shape index (κ2) is 15.5. The van der Waals surface area contributed by atoms with Gasteiger partial charge in [-0.1, -0.05) is 106 Å². The Morgan fingerprint density at radius 2 is 0.854 bits per heavy atom. The van der Waals surface area contributed by atoms with Crippen LogP contribution in [0.3, 0.4) is 0 Å². The van der Waals surface area contributed by atoms with Crippen molar-refractivity contribution in [3.63, 3.8) is 0 Å². The summed E-state index contributed by atoms with van der Waals surface area (Å²) >= 11 is 0. The Bertz CT molecular complexity index is 1990. The van der Waals surface area contributed by atoms with Crippen LogP contribution in [0, 0.1) is 13.8 Å². The number of nitrogens with zero attached hydrogens (tertiary/aromatic N) is 4. The third-order valence-electron chi connectivity index (χ3n) is 7.43. The number of azo groups is 2. The highest BCUT2D eigenvalue weighted by atomic mass is 33.1. The van der Waals surface area contributed by atoms with Gasteiger partial charge in [0.05, 0.1) is 34.3 Å². The van der Waals surface area contributed by atoms with E-state index in [1.54, 1.807) is 0 Å². The van der Waals surface area contributed by atoms with Gasteiger partial charge in [-0.15, -0.1) is 10.2 Å². The van der Waals surface area contributed by atoms with Gasteiger partial charge in [0.2, 0.25) is 11.8 Å². The Kier molecular flexibility index (Phi) is 10.5. The summed E-state index contributed by atoms with van der Waals surface area (Å²) in [5.41, 5.74) is 6.69. The predicted octanol–water partition coefficient (Wildman–Crippen LogP) is 11.4. The number of amides is 2. The van der Waals surface area contributed by atoms with Crippen LogP contribution in [0.1, 0.15) is 11.1 Å². The fraction of sp³-hybridized carbons (Fsp3) is 0.105. The van der Waals surface area contributed by atoms with Crippen molar-refractivity contribution in [3.8, 4) is 0 Å². The number of carbonyl (C=O) groups is 2. The van der Waals surface area contributed by atoms with E-state index < -0.39 is 0 Å². The van der Waals surface area contributed by atoms with E-state index in [4.69, 9.17) is 0 Å². The van der Waals surface area contributed by atoms with Crippen molar-refractivity contribution in [1.29, 1.82) is 0 Å². The van der Waals surface area contributed by atoms with Crippen LogP contribution in [-0.2, 0) is 9.59 Å². The second-order valence-electron chi connectivity index (χ2n) is 11.0. The van der Waals surface area contributed by atoms with Crippen LogP contribution in [0.25, 0.3) is 21.5 Å². The lowest BCUT2D eigenvalue weighted by atomic mass is 10.1. The molecular weight excluding hydrogens is 637 g/mol. The molecule has 0 unspecified atom stereocenters. The molecule has 0 atom stereocenters. The standard InChI is InChI=1S/C38H32N6O2S2/c1-25-11-15-27(16-12-25)41-43-35-21-19-33(29-7-3-5-9-31(29)35)39-37(45)23-47-48-24-38(46)40-34-20-22-36(32-10-6-4-8-30(32)34)44-42-28-17-13-26(2)14-18-28/h3-22H,23-24H2,1-2H3,(H,39,45)(H,40,46). The van der Waals surface area contributed by atoms with Gasteiger partial charge >= 0.3 is 0 Å². The van der Waals surface area contributed by atoms with Gasteiger partial charge in [-0.2, -0.15) is 10.2 Å². The van der Waals surface area contributed by atoms with Gasteiger partial charge in [0.15, 0.2) is 0 Å². The molecule has 2 amide bonds. The molecule has 238 valence electrons. The zero-order valence-corrected chi connectivity index (χ0v) is 28.0. The molecule has 48 heavy (non-hydrogen) atoms. The minimum atomic E-state index is -0.159. The quantitative estimate of drug-likeness (QED) is 0.0813. The van der Waals surface area contributed by atoms with Gasteiger partial charge in [-0.3, -0.25) is 9.59 Å². The summed E-state index contributed by atoms with van der Waals surface area (Å²) in [6, 6.07) is 38.6. The largest absolute Gasteiger partial charge is 0.325 e. The van der Waals surface area contributed by atoms with Gasteiger partial charge in [-0.25, -0.2) is 0 Å². The minimum absolute atomic E-state index is 0.159. The number of fused-ring (bicyclic) bond motifs is 2. The van der Waals surface area contributed by atoms with Crippen molar-refractivity contribution in [2.75, 3.05) is 22.1 Å². The van der Waals surface area contributed by atoms with Crippen molar-refractivity contribution >= 4 is 89.1 Å². The van der Waals surface area contributed by atoms with Crippen LogP contribution in [-0.4, -0.2) is 23.3 Å². The van der Waals surface area contributed by atoms with Crippen LogP contribution in [0.5, 0.6) is 0 Å². The fourth-order valence-electron chi connectivity index (χ4n) is 4.97. The summed E-state index contributed by atoms with van der Waals surface area (Å²) in [5.74, 6) is 0.0529. The van der Waals surface area contributed by atoms with Gasteiger partial charge in [0, 0.05) is 32.9 Å². The maximum absolute atomic E-state index is 12.8. The molecule has 0 aliphatic heterocycles. The number of anilines is 2. The van der Waals surface area contributed by atoms with Gasteiger partial charge in [0.1, 0.15) is 0 Å². The fourth-order valence-corrected chi connectivity index (χ4v) is 6.64. The van der Waals surface area contributed by atoms with E-state index in [1.807, 2.05) is 135 Å². The topological polar surface area (TPSA) is 108 Å². The van der Waals surface area contributed by atoms with Crippen molar-refractivity contribution in [1.82, 2.24) is 0 Å². The summed E-state index contributed by atoms with van der Waals surface area (Å²) in [5, 5.41) is 27.2. The number of hydrogen-bond donors (Lipinski definition) is 2. The molecule has 6 aromatic rings. The van der Waals surface area contributed by atoms with E-state index in [1.165, 1.54) is 21.6 Å². The molecule has 6 aromatic carbocycles. The highest BCUT2D eigenvalue weighted by Crippen LogP contribution is 2.35. The van der Waals surface area contributed by atoms with Crippen LogP contribution in [0.15, 0.2) is 142 Å². The molecule has 0 radical (unpaired) electrons. The van der Waals surface area contributed by atoms with E-state index in [0.29, 0.717) is 22.7 Å². The molecule has 0 aromatic heterocycles. The van der Waals surface area contributed by atoms with Gasteiger partial charge < -0.3 is 10.6 Å². The molecule has 6 rings (SSSR count). The van der Waals surface area contributed by atoms with Crippen molar-refractivity contribution in [2.24, 2.45) is 20.5 Å². The van der Waals surface area contributed by atoms with E-state index in [-0.39, 0.29) is 23.3 Å². The van der Waals surface area contributed by atoms with Crippen molar-refractivity contribution < 1.29 is 9.59 Å². The lowest BCUT2D eigenvalue weighted by Gasteiger charge is -2.11. The number of rotatable bonds is 11. The third-order valence-corrected chi connectivity index (χ3v) is 9.56. The average Bonchev–Trinajstić information content (AvgIpc) is 3.11. The molecular formula is C38H32N6O2S2. The molecule has 0 fully saturated rings. The van der Waals surface area contributed by atoms with Crippen LogP contribution in [0.2, 0.25) is 0 Å². The molecule has 0 saturated carbocycles. The van der Waals surface area contributed by atoms with E-state index in [0.717, 1.165) is 44.0 Å². The monoisotopic (exact) mass is 668 g/mol. The average molecular weight is 669 g/mol. The van der Waals surface area contributed by atoms with E-state index in [2.05, 4.69) is 31.1 Å². The number of nitrogens with one attached hydrogen (secondary N) is 2. The van der Waals surface area contributed by atoms with Crippen molar-refractivity contribution in [3.05, 3.63) is 132 Å². The Morgan fingerprint density at radius 3 is 1.25 bits per heavy atom. The molecule has 0 saturated heterocycles. The normalized spacial score (nSPS) is 11.5. The first-order valence-electron chi connectivity index (χ1n) is 15.3. The van der Waals surface area contributed by atoms with Gasteiger partial charge in [0.25, 0.3) is 0 Å². The number of benzene rings is 6. The molecule has 0 heterocycles. The lowest BCUT2D eigenvalue weighted by molar-refractivity contribution is -0.114. The minimum Gasteiger partial charge on any atom is -0.325 e. The Morgan fingerprint density at radius 1 is 0.479 bits per heavy atom. The Balaban J connectivity index is 1.02. The van der Waals surface area contributed by atoms with Crippen LogP contribution in [0.4, 0.5) is 34.1 Å². The Hall–Kier alpha value is -5.32. The number of aryl methyl sites for hydroxylation is 2. The SMILES string of the molecule is Cc1ccc(N=Nc2ccc(NC(=O)CSSCC(=O)Nc3ccc(N=Nc4ccc(C)cc4)c4ccccc34)c3ccccc23)cc1. The first-order chi connectivity index (χ1) is 23.4. The second-order valence-corrected chi connectivity index (χ2v) is 13.5. The van der Waals surface area contributed by atoms with E-state index >= 15 is 0 Å². The molecule has 0 spiro atoms. The first kappa shape index (κ1) is 32.6. The zero-order chi connectivity index (χ0) is 33.3. The summed E-state index contributed by atoms with van der Waals surface area (Å²) < 4.78 is 0. The van der Waals surface area contributed by atoms with Crippen molar-refractivity contribution in [2.45, 2.75) is 13.8 Å². The van der Waals surface area contributed by atoms with Crippen LogP contribution < -0.4 is 10.6 Å². The smallest absolute Gasteiger partial charge is 0.235 e. The molecule has 8 nitrogen and oxygen atoms in total. The summed E-state index contributed by atoms with van der Waals surface area (Å²) in [7, 11) is 2.66. The lowest BCUT2D eigenvalue weighted by Crippen LogP contribution is -2.15. The highest BCUT2D eigenvalue weighted by Gasteiger charge is 2.12. The maximum atomic E-state index is 12.8. The molecule has 2 N–H and O–H groups in total. The Labute approximate surface area is 286 Å².